The zero-order chi connectivity index (χ0) is 15.1. The molecule has 4 nitrogen and oxygen atoms in total. The summed E-state index contributed by atoms with van der Waals surface area (Å²) >= 11 is 0. The van der Waals surface area contributed by atoms with Gasteiger partial charge in [0.05, 0.1) is 0 Å². The molecule has 1 fully saturated rings. The molecule has 21 heavy (non-hydrogen) atoms. The molecule has 1 aliphatic heterocycles. The average molecular weight is 287 g/mol. The number of amides is 1. The van der Waals surface area contributed by atoms with E-state index < -0.39 is 0 Å². The molecule has 0 aliphatic carbocycles. The molecule has 0 radical (unpaired) electrons. The van der Waals surface area contributed by atoms with Crippen molar-refractivity contribution in [3.8, 4) is 11.8 Å². The van der Waals surface area contributed by atoms with Crippen LogP contribution >= 0.6 is 0 Å². The van der Waals surface area contributed by atoms with E-state index in [9.17, 15) is 4.79 Å². The number of likely N-dealkylation sites (tertiary alicyclic amines) is 1. The second-order valence-electron chi connectivity index (χ2n) is 5.31. The lowest BCUT2D eigenvalue weighted by Gasteiger charge is -2.32. The van der Waals surface area contributed by atoms with Crippen LogP contribution in [0.1, 0.15) is 35.2 Å². The van der Waals surface area contributed by atoms with E-state index in [1.807, 2.05) is 17.0 Å². The molecule has 1 aromatic rings. The molecule has 2 rings (SSSR count). The number of aliphatic hydroxyl groups excluding tert-OH is 2. The van der Waals surface area contributed by atoms with Crippen molar-refractivity contribution in [2.45, 2.75) is 19.3 Å². The Balaban J connectivity index is 2.08. The van der Waals surface area contributed by atoms with Crippen molar-refractivity contribution >= 4 is 5.91 Å². The molecule has 0 aromatic heterocycles. The summed E-state index contributed by atoms with van der Waals surface area (Å²) in [4.78, 5) is 14.4. The van der Waals surface area contributed by atoms with Gasteiger partial charge in [-0.1, -0.05) is 17.9 Å². The van der Waals surface area contributed by atoms with Gasteiger partial charge < -0.3 is 15.1 Å². The van der Waals surface area contributed by atoms with Crippen molar-refractivity contribution in [3.63, 3.8) is 0 Å². The van der Waals surface area contributed by atoms with Gasteiger partial charge >= 0.3 is 0 Å². The van der Waals surface area contributed by atoms with Crippen LogP contribution in [0.15, 0.2) is 24.3 Å². The van der Waals surface area contributed by atoms with E-state index >= 15 is 0 Å². The standard InChI is InChI=1S/C17H21NO3/c19-10-3-6-14-4-1-7-16(12-14)17(21)18-9-2-5-15(13-18)8-11-20/h1,4,7,12,15,19-20H,2,5,8-11,13H2. The van der Waals surface area contributed by atoms with E-state index in [2.05, 4.69) is 11.8 Å². The molecule has 1 saturated heterocycles. The molecular formula is C17H21NO3. The number of rotatable bonds is 3. The molecule has 112 valence electrons. The van der Waals surface area contributed by atoms with E-state index in [-0.39, 0.29) is 19.1 Å². The topological polar surface area (TPSA) is 60.8 Å². The van der Waals surface area contributed by atoms with E-state index in [0.29, 0.717) is 18.0 Å². The summed E-state index contributed by atoms with van der Waals surface area (Å²) in [6.45, 7) is 1.48. The number of piperidine rings is 1. The zero-order valence-corrected chi connectivity index (χ0v) is 12.1. The number of nitrogens with zero attached hydrogens (tertiary/aromatic N) is 1. The molecule has 1 aromatic carbocycles. The molecule has 1 heterocycles. The van der Waals surface area contributed by atoms with Crippen LogP contribution in [-0.2, 0) is 0 Å². The molecule has 0 bridgehead atoms. The number of benzene rings is 1. The van der Waals surface area contributed by atoms with Crippen molar-refractivity contribution in [1.29, 1.82) is 0 Å². The summed E-state index contributed by atoms with van der Waals surface area (Å²) in [5.41, 5.74) is 1.36. The zero-order valence-electron chi connectivity index (χ0n) is 12.1. The van der Waals surface area contributed by atoms with Gasteiger partial charge in [0.25, 0.3) is 5.91 Å². The Hall–Kier alpha value is -1.83. The van der Waals surface area contributed by atoms with Crippen molar-refractivity contribution in [2.24, 2.45) is 5.92 Å². The molecule has 2 N–H and O–H groups in total. The van der Waals surface area contributed by atoms with Gasteiger partial charge in [0.15, 0.2) is 0 Å². The molecule has 1 aliphatic rings. The van der Waals surface area contributed by atoms with Crippen molar-refractivity contribution in [3.05, 3.63) is 35.4 Å². The summed E-state index contributed by atoms with van der Waals surface area (Å²) in [5.74, 6) is 5.82. The predicted octanol–water partition coefficient (Wildman–Crippen LogP) is 1.26. The fourth-order valence-electron chi connectivity index (χ4n) is 2.72. The second-order valence-corrected chi connectivity index (χ2v) is 5.31. The highest BCUT2D eigenvalue weighted by atomic mass is 16.3. The molecule has 4 heteroatoms. The SMILES string of the molecule is O=C(c1cccc(C#CCO)c1)N1CCCC(CCO)C1. The molecular weight excluding hydrogens is 266 g/mol. The Morgan fingerprint density at radius 2 is 2.24 bits per heavy atom. The van der Waals surface area contributed by atoms with Crippen LogP contribution in [0.2, 0.25) is 0 Å². The smallest absolute Gasteiger partial charge is 0.253 e. The van der Waals surface area contributed by atoms with Crippen LogP contribution in [0.5, 0.6) is 0 Å². The highest BCUT2D eigenvalue weighted by Crippen LogP contribution is 2.21. The molecule has 0 spiro atoms. The molecule has 1 amide bonds. The van der Waals surface area contributed by atoms with Crippen LogP contribution in [0.4, 0.5) is 0 Å². The number of hydrogen-bond acceptors (Lipinski definition) is 3. The summed E-state index contributed by atoms with van der Waals surface area (Å²) in [5, 5.41) is 17.8. The van der Waals surface area contributed by atoms with E-state index in [1.165, 1.54) is 0 Å². The highest BCUT2D eigenvalue weighted by molar-refractivity contribution is 5.94. The third kappa shape index (κ3) is 4.32. The number of aliphatic hydroxyl groups is 2. The van der Waals surface area contributed by atoms with Crippen LogP contribution in [0.25, 0.3) is 0 Å². The van der Waals surface area contributed by atoms with Crippen LogP contribution in [-0.4, -0.2) is 47.3 Å². The Morgan fingerprint density at radius 3 is 3.00 bits per heavy atom. The lowest BCUT2D eigenvalue weighted by Crippen LogP contribution is -2.40. The van der Waals surface area contributed by atoms with Gasteiger partial charge in [-0.15, -0.1) is 0 Å². The van der Waals surface area contributed by atoms with Crippen LogP contribution in [0, 0.1) is 17.8 Å². The summed E-state index contributed by atoms with van der Waals surface area (Å²) < 4.78 is 0. The number of hydrogen-bond donors (Lipinski definition) is 2. The first-order valence-electron chi connectivity index (χ1n) is 7.34. The largest absolute Gasteiger partial charge is 0.396 e. The lowest BCUT2D eigenvalue weighted by molar-refractivity contribution is 0.0653. The average Bonchev–Trinajstić information content (AvgIpc) is 2.53. The maximum atomic E-state index is 12.5. The Morgan fingerprint density at radius 1 is 1.38 bits per heavy atom. The van der Waals surface area contributed by atoms with Gasteiger partial charge in [-0.25, -0.2) is 0 Å². The summed E-state index contributed by atoms with van der Waals surface area (Å²) in [6.07, 6.45) is 2.82. The van der Waals surface area contributed by atoms with Crippen LogP contribution < -0.4 is 0 Å². The van der Waals surface area contributed by atoms with Gasteiger partial charge in [0.1, 0.15) is 6.61 Å². The quantitative estimate of drug-likeness (QED) is 0.823. The first-order chi connectivity index (χ1) is 10.2. The third-order valence-corrected chi connectivity index (χ3v) is 3.76. The first kappa shape index (κ1) is 15.6. The van der Waals surface area contributed by atoms with E-state index in [4.69, 9.17) is 10.2 Å². The van der Waals surface area contributed by atoms with Crippen molar-refractivity contribution in [1.82, 2.24) is 4.90 Å². The van der Waals surface area contributed by atoms with Gasteiger partial charge in [0, 0.05) is 30.8 Å². The third-order valence-electron chi connectivity index (χ3n) is 3.76. The molecule has 0 saturated carbocycles. The van der Waals surface area contributed by atoms with Crippen molar-refractivity contribution < 1.29 is 15.0 Å². The summed E-state index contributed by atoms with van der Waals surface area (Å²) in [6, 6.07) is 7.19. The van der Waals surface area contributed by atoms with Gasteiger partial charge in [-0.2, -0.15) is 0 Å². The predicted molar refractivity (Wildman–Crippen MR) is 80.7 cm³/mol. The lowest BCUT2D eigenvalue weighted by atomic mass is 9.94. The fourth-order valence-corrected chi connectivity index (χ4v) is 2.72. The summed E-state index contributed by atoms with van der Waals surface area (Å²) in [7, 11) is 0. The van der Waals surface area contributed by atoms with Crippen molar-refractivity contribution in [2.75, 3.05) is 26.3 Å². The fraction of sp³-hybridized carbons (Fsp3) is 0.471. The molecule has 1 unspecified atom stereocenters. The molecule has 1 atom stereocenters. The minimum atomic E-state index is -0.187. The van der Waals surface area contributed by atoms with E-state index in [1.54, 1.807) is 12.1 Å². The highest BCUT2D eigenvalue weighted by Gasteiger charge is 2.24. The number of carbonyl (C=O) groups is 1. The minimum absolute atomic E-state index is 0.0188. The van der Waals surface area contributed by atoms with Gasteiger partial charge in [-0.05, 0) is 43.4 Å². The monoisotopic (exact) mass is 287 g/mol. The normalized spacial score (nSPS) is 18.0. The Kier molecular flexibility index (Phi) is 5.79. The first-order valence-corrected chi connectivity index (χ1v) is 7.34. The second kappa shape index (κ2) is 7.82. The van der Waals surface area contributed by atoms with Crippen LogP contribution in [0.3, 0.4) is 0 Å². The Labute approximate surface area is 125 Å². The minimum Gasteiger partial charge on any atom is -0.396 e. The Bertz CT molecular complexity index is 542. The number of carbonyl (C=O) groups excluding carboxylic acids is 1. The maximum Gasteiger partial charge on any atom is 0.253 e. The maximum absolute atomic E-state index is 12.5. The van der Waals surface area contributed by atoms with Gasteiger partial charge in [-0.3, -0.25) is 4.79 Å². The van der Waals surface area contributed by atoms with E-state index in [0.717, 1.165) is 31.4 Å². The van der Waals surface area contributed by atoms with Gasteiger partial charge in [0.2, 0.25) is 0 Å².